The molecule has 1 aliphatic rings. The van der Waals surface area contributed by atoms with E-state index in [0.29, 0.717) is 24.2 Å². The zero-order valence-corrected chi connectivity index (χ0v) is 12.3. The van der Waals surface area contributed by atoms with Crippen LogP contribution in [0, 0.1) is 5.92 Å². The minimum Gasteiger partial charge on any atom is -0.465 e. The predicted octanol–water partition coefficient (Wildman–Crippen LogP) is 2.47. The first kappa shape index (κ1) is 15.7. The van der Waals surface area contributed by atoms with Gasteiger partial charge in [0, 0.05) is 32.0 Å². The number of nitrogens with zero attached hydrogens (tertiary/aromatic N) is 1. The van der Waals surface area contributed by atoms with E-state index in [1.807, 2.05) is 0 Å². The number of carboxylic acid groups (broad SMARTS) is 1. The van der Waals surface area contributed by atoms with Crippen molar-refractivity contribution in [3.8, 4) is 0 Å². The smallest absolute Gasteiger partial charge is 0.409 e. The molecule has 2 rings (SSSR count). The van der Waals surface area contributed by atoms with Gasteiger partial charge in [-0.2, -0.15) is 0 Å². The van der Waals surface area contributed by atoms with Crippen LogP contribution in [-0.4, -0.2) is 35.4 Å². The van der Waals surface area contributed by atoms with Gasteiger partial charge in [-0.25, -0.2) is 4.79 Å². The average molecular weight is 293 g/mol. The predicted molar refractivity (Wildman–Crippen MR) is 80.3 cm³/mol. The quantitative estimate of drug-likeness (QED) is 0.750. The molecular formula is C15H23N3O3. The summed E-state index contributed by atoms with van der Waals surface area (Å²) in [7, 11) is 0. The number of hydrogen-bond donors (Lipinski definition) is 3. The molecule has 0 spiro atoms. The molecule has 1 atom stereocenters. The van der Waals surface area contributed by atoms with Gasteiger partial charge in [0.2, 0.25) is 0 Å². The topological polar surface area (TPSA) is 83.5 Å². The normalized spacial score (nSPS) is 17.4. The summed E-state index contributed by atoms with van der Waals surface area (Å²) in [5, 5.41) is 14.6. The van der Waals surface area contributed by atoms with E-state index in [4.69, 9.17) is 9.84 Å². The number of pyridine rings is 1. The molecule has 0 aliphatic carbocycles. The van der Waals surface area contributed by atoms with Crippen LogP contribution in [0.25, 0.3) is 0 Å². The molecule has 0 bridgehead atoms. The summed E-state index contributed by atoms with van der Waals surface area (Å²) in [6.07, 6.45) is 3.97. The highest BCUT2D eigenvalue weighted by Gasteiger charge is 2.17. The van der Waals surface area contributed by atoms with E-state index >= 15 is 0 Å². The molecule has 0 saturated carbocycles. The summed E-state index contributed by atoms with van der Waals surface area (Å²) in [5.74, 6) is 0.710. The Morgan fingerprint density at radius 3 is 3.00 bits per heavy atom. The molecule has 0 radical (unpaired) electrons. The highest BCUT2D eigenvalue weighted by atomic mass is 16.5. The fourth-order valence-corrected chi connectivity index (χ4v) is 2.64. The first-order valence-electron chi connectivity index (χ1n) is 7.40. The second kappa shape index (κ2) is 7.95. The molecule has 6 heteroatoms. The van der Waals surface area contributed by atoms with Crippen molar-refractivity contribution in [2.45, 2.75) is 38.8 Å². The standard InChI is InChI=1S/C15H23N3O3/c1-11(9-12-4-7-21-8-5-12)17-10-14-13(18-15(19)20)3-2-6-16-14/h2-3,6,11-12,17-18H,4-5,7-10H2,1H3,(H,19,20). The number of nitrogens with one attached hydrogen (secondary N) is 2. The molecule has 6 nitrogen and oxygen atoms in total. The van der Waals surface area contributed by atoms with Gasteiger partial charge in [0.25, 0.3) is 0 Å². The number of amides is 1. The van der Waals surface area contributed by atoms with Crippen LogP contribution in [0.1, 0.15) is 31.9 Å². The van der Waals surface area contributed by atoms with Crippen molar-refractivity contribution in [1.29, 1.82) is 0 Å². The summed E-state index contributed by atoms with van der Waals surface area (Å²) in [6, 6.07) is 3.81. The Morgan fingerprint density at radius 2 is 2.29 bits per heavy atom. The Balaban J connectivity index is 1.82. The van der Waals surface area contributed by atoms with Crippen LogP contribution < -0.4 is 10.6 Å². The van der Waals surface area contributed by atoms with Crippen LogP contribution in [0.2, 0.25) is 0 Å². The highest BCUT2D eigenvalue weighted by molar-refractivity contribution is 5.83. The van der Waals surface area contributed by atoms with Crippen LogP contribution in [0.4, 0.5) is 10.5 Å². The molecule has 1 amide bonds. The summed E-state index contributed by atoms with van der Waals surface area (Å²) < 4.78 is 5.37. The first-order valence-corrected chi connectivity index (χ1v) is 7.40. The molecule has 2 heterocycles. The second-order valence-corrected chi connectivity index (χ2v) is 5.50. The number of anilines is 1. The zero-order valence-electron chi connectivity index (χ0n) is 12.3. The molecule has 1 unspecified atom stereocenters. The minimum atomic E-state index is -1.07. The molecule has 116 valence electrons. The summed E-state index contributed by atoms with van der Waals surface area (Å²) in [6.45, 7) is 4.44. The lowest BCUT2D eigenvalue weighted by Gasteiger charge is -2.25. The van der Waals surface area contributed by atoms with E-state index in [-0.39, 0.29) is 0 Å². The Labute approximate surface area is 124 Å². The van der Waals surface area contributed by atoms with Gasteiger partial charge in [0.15, 0.2) is 0 Å². The number of carbonyl (C=O) groups is 1. The number of ether oxygens (including phenoxy) is 1. The highest BCUT2D eigenvalue weighted by Crippen LogP contribution is 2.20. The third-order valence-corrected chi connectivity index (χ3v) is 3.78. The molecule has 1 fully saturated rings. The van der Waals surface area contributed by atoms with E-state index in [0.717, 1.165) is 38.2 Å². The summed E-state index contributed by atoms with van der Waals surface area (Å²) in [4.78, 5) is 15.0. The third-order valence-electron chi connectivity index (χ3n) is 3.78. The molecule has 21 heavy (non-hydrogen) atoms. The molecule has 3 N–H and O–H groups in total. The Bertz CT molecular complexity index is 461. The maximum absolute atomic E-state index is 10.8. The Kier molecular flexibility index (Phi) is 5.95. The minimum absolute atomic E-state index is 0.368. The SMILES string of the molecule is CC(CC1CCOCC1)NCc1ncccc1NC(=O)O. The van der Waals surface area contributed by atoms with E-state index < -0.39 is 6.09 Å². The van der Waals surface area contributed by atoms with Crippen molar-refractivity contribution in [2.75, 3.05) is 18.5 Å². The summed E-state index contributed by atoms with van der Waals surface area (Å²) >= 11 is 0. The lowest BCUT2D eigenvalue weighted by Crippen LogP contribution is -2.30. The van der Waals surface area contributed by atoms with Gasteiger partial charge in [-0.3, -0.25) is 10.3 Å². The van der Waals surface area contributed by atoms with Crippen LogP contribution in [0.5, 0.6) is 0 Å². The molecular weight excluding hydrogens is 270 g/mol. The lowest BCUT2D eigenvalue weighted by molar-refractivity contribution is 0.0611. The molecule has 1 aromatic heterocycles. The monoisotopic (exact) mass is 293 g/mol. The van der Waals surface area contributed by atoms with Crippen LogP contribution in [0.15, 0.2) is 18.3 Å². The number of aromatic nitrogens is 1. The fourth-order valence-electron chi connectivity index (χ4n) is 2.64. The van der Waals surface area contributed by atoms with E-state index in [1.165, 1.54) is 0 Å². The van der Waals surface area contributed by atoms with Crippen molar-refractivity contribution in [1.82, 2.24) is 10.3 Å². The molecule has 1 saturated heterocycles. The van der Waals surface area contributed by atoms with Gasteiger partial charge in [-0.15, -0.1) is 0 Å². The Morgan fingerprint density at radius 1 is 1.52 bits per heavy atom. The average Bonchev–Trinajstić information content (AvgIpc) is 2.47. The van der Waals surface area contributed by atoms with Gasteiger partial charge in [-0.05, 0) is 44.2 Å². The molecule has 1 aromatic rings. The molecule has 0 aromatic carbocycles. The maximum atomic E-state index is 10.8. The van der Waals surface area contributed by atoms with Crippen molar-refractivity contribution < 1.29 is 14.6 Å². The number of hydrogen-bond acceptors (Lipinski definition) is 4. The van der Waals surface area contributed by atoms with Crippen molar-refractivity contribution in [3.05, 3.63) is 24.0 Å². The van der Waals surface area contributed by atoms with Crippen molar-refractivity contribution >= 4 is 11.8 Å². The van der Waals surface area contributed by atoms with Gasteiger partial charge in [-0.1, -0.05) is 0 Å². The van der Waals surface area contributed by atoms with E-state index in [1.54, 1.807) is 18.3 Å². The Hall–Kier alpha value is -1.66. The van der Waals surface area contributed by atoms with Crippen LogP contribution >= 0.6 is 0 Å². The van der Waals surface area contributed by atoms with Crippen molar-refractivity contribution in [2.24, 2.45) is 5.92 Å². The van der Waals surface area contributed by atoms with Crippen molar-refractivity contribution in [3.63, 3.8) is 0 Å². The largest absolute Gasteiger partial charge is 0.465 e. The van der Waals surface area contributed by atoms with Crippen LogP contribution in [0.3, 0.4) is 0 Å². The zero-order chi connectivity index (χ0) is 15.1. The maximum Gasteiger partial charge on any atom is 0.409 e. The first-order chi connectivity index (χ1) is 10.1. The van der Waals surface area contributed by atoms with E-state index in [9.17, 15) is 4.79 Å². The lowest BCUT2D eigenvalue weighted by atomic mass is 9.93. The fraction of sp³-hybridized carbons (Fsp3) is 0.600. The van der Waals surface area contributed by atoms with Crippen LogP contribution in [-0.2, 0) is 11.3 Å². The van der Waals surface area contributed by atoms with Gasteiger partial charge in [0.1, 0.15) is 0 Å². The van der Waals surface area contributed by atoms with Gasteiger partial charge in [0.05, 0.1) is 11.4 Å². The molecule has 1 aliphatic heterocycles. The van der Waals surface area contributed by atoms with Gasteiger partial charge < -0.3 is 15.2 Å². The third kappa shape index (κ3) is 5.32. The second-order valence-electron chi connectivity index (χ2n) is 5.50. The van der Waals surface area contributed by atoms with Gasteiger partial charge >= 0.3 is 6.09 Å². The summed E-state index contributed by atoms with van der Waals surface area (Å²) in [5.41, 5.74) is 1.26. The number of rotatable bonds is 6. The van der Waals surface area contributed by atoms with E-state index in [2.05, 4.69) is 22.5 Å².